The molecule has 2 nitrogen and oxygen atoms in total. The van der Waals surface area contributed by atoms with Gasteiger partial charge in [0.25, 0.3) is 0 Å². The Morgan fingerprint density at radius 3 is 2.62 bits per heavy atom. The summed E-state index contributed by atoms with van der Waals surface area (Å²) in [4.78, 5) is 12.1. The van der Waals surface area contributed by atoms with Crippen LogP contribution in [0.5, 0.6) is 0 Å². The van der Waals surface area contributed by atoms with E-state index in [2.05, 4.69) is 6.07 Å². The number of hydrogen-bond donors (Lipinski definition) is 0. The Hall–Kier alpha value is -1.69. The van der Waals surface area contributed by atoms with Crippen molar-refractivity contribution < 1.29 is 9.18 Å². The second kappa shape index (κ2) is 3.71. The molecule has 0 heterocycles. The Balaban J connectivity index is 2.35. The monoisotopic (exact) mass is 217 g/mol. The van der Waals surface area contributed by atoms with Crippen molar-refractivity contribution in [1.29, 1.82) is 5.26 Å². The lowest BCUT2D eigenvalue weighted by atomic mass is 9.65. The van der Waals surface area contributed by atoms with Crippen molar-refractivity contribution in [3.8, 4) is 6.07 Å². The molecule has 0 bridgehead atoms. The number of nitriles is 1. The normalized spacial score (nSPS) is 17.3. The van der Waals surface area contributed by atoms with Gasteiger partial charge in [-0.3, -0.25) is 4.79 Å². The molecule has 0 amide bonds. The van der Waals surface area contributed by atoms with Crippen molar-refractivity contribution in [2.45, 2.75) is 26.2 Å². The van der Waals surface area contributed by atoms with Gasteiger partial charge < -0.3 is 0 Å². The zero-order valence-corrected chi connectivity index (χ0v) is 9.09. The molecule has 2 rings (SSSR count). The van der Waals surface area contributed by atoms with Crippen molar-refractivity contribution in [3.05, 3.63) is 35.1 Å². The van der Waals surface area contributed by atoms with Gasteiger partial charge in [-0.25, -0.2) is 4.39 Å². The number of nitrogens with zero attached hydrogens (tertiary/aromatic N) is 1. The second-order valence-electron chi connectivity index (χ2n) is 4.34. The molecule has 0 unspecified atom stereocenters. The number of aryl methyl sites for hydroxylation is 1. The first kappa shape index (κ1) is 10.8. The first-order valence-electron chi connectivity index (χ1n) is 5.31. The Bertz CT molecular complexity index is 483. The van der Waals surface area contributed by atoms with E-state index in [9.17, 15) is 9.18 Å². The fourth-order valence-corrected chi connectivity index (χ4v) is 1.98. The largest absolute Gasteiger partial charge is 0.292 e. The average molecular weight is 217 g/mol. The van der Waals surface area contributed by atoms with Crippen LogP contribution in [0.15, 0.2) is 18.2 Å². The van der Waals surface area contributed by atoms with Crippen LogP contribution >= 0.6 is 0 Å². The highest BCUT2D eigenvalue weighted by Crippen LogP contribution is 2.43. The number of carbonyl (C=O) groups excluding carboxylic acids is 1. The zero-order chi connectivity index (χ0) is 11.8. The van der Waals surface area contributed by atoms with Crippen LogP contribution in [0.3, 0.4) is 0 Å². The molecular formula is C13H12FNO. The minimum absolute atomic E-state index is 0.163. The predicted molar refractivity (Wildman–Crippen MR) is 57.4 cm³/mol. The molecule has 1 aliphatic carbocycles. The standard InChI is InChI=1S/C13H12FNO/c1-9-7-10(3-4-11(9)14)12(16)13(8-15)5-2-6-13/h3-4,7H,2,5-6H2,1H3. The molecule has 1 aromatic carbocycles. The molecule has 0 N–H and O–H groups in total. The third-order valence-corrected chi connectivity index (χ3v) is 3.28. The second-order valence-corrected chi connectivity index (χ2v) is 4.34. The van der Waals surface area contributed by atoms with E-state index in [-0.39, 0.29) is 11.6 Å². The van der Waals surface area contributed by atoms with Crippen molar-refractivity contribution in [1.82, 2.24) is 0 Å². The first-order valence-corrected chi connectivity index (χ1v) is 5.31. The summed E-state index contributed by atoms with van der Waals surface area (Å²) in [6, 6.07) is 6.37. The van der Waals surface area contributed by atoms with Crippen molar-refractivity contribution in [2.24, 2.45) is 5.41 Å². The smallest absolute Gasteiger partial charge is 0.183 e. The van der Waals surface area contributed by atoms with E-state index in [4.69, 9.17) is 5.26 Å². The highest BCUT2D eigenvalue weighted by Gasteiger charge is 2.44. The molecule has 0 spiro atoms. The van der Waals surface area contributed by atoms with E-state index >= 15 is 0 Å². The average Bonchev–Trinajstić information content (AvgIpc) is 2.21. The van der Waals surface area contributed by atoms with Crippen LogP contribution in [0.25, 0.3) is 0 Å². The Kier molecular flexibility index (Phi) is 2.51. The van der Waals surface area contributed by atoms with Crippen molar-refractivity contribution in [2.75, 3.05) is 0 Å². The molecule has 3 heteroatoms. The molecule has 0 aromatic heterocycles. The fraction of sp³-hybridized carbons (Fsp3) is 0.385. The lowest BCUT2D eigenvalue weighted by Crippen LogP contribution is -2.36. The SMILES string of the molecule is Cc1cc(C(=O)C2(C#N)CCC2)ccc1F. The van der Waals surface area contributed by atoms with Gasteiger partial charge >= 0.3 is 0 Å². The first-order chi connectivity index (χ1) is 7.59. The van der Waals surface area contributed by atoms with Crippen LogP contribution < -0.4 is 0 Å². The number of ketones is 1. The molecule has 0 saturated heterocycles. The van der Waals surface area contributed by atoms with Gasteiger partial charge in [0.1, 0.15) is 11.2 Å². The van der Waals surface area contributed by atoms with Crippen LogP contribution in [0.4, 0.5) is 4.39 Å². The van der Waals surface area contributed by atoms with E-state index in [1.807, 2.05) is 0 Å². The molecule has 1 aliphatic rings. The summed E-state index contributed by atoms with van der Waals surface area (Å²) in [5, 5.41) is 9.05. The van der Waals surface area contributed by atoms with Crippen molar-refractivity contribution in [3.63, 3.8) is 0 Å². The molecule has 1 saturated carbocycles. The van der Waals surface area contributed by atoms with Gasteiger partial charge in [0, 0.05) is 5.56 Å². The lowest BCUT2D eigenvalue weighted by molar-refractivity contribution is 0.0748. The Morgan fingerprint density at radius 2 is 2.19 bits per heavy atom. The minimum atomic E-state index is -0.843. The number of benzene rings is 1. The van der Waals surface area contributed by atoms with Gasteiger partial charge in [0.2, 0.25) is 0 Å². The molecular weight excluding hydrogens is 205 g/mol. The topological polar surface area (TPSA) is 40.9 Å². The number of hydrogen-bond acceptors (Lipinski definition) is 2. The van der Waals surface area contributed by atoms with Gasteiger partial charge in [0.15, 0.2) is 5.78 Å². The summed E-state index contributed by atoms with van der Waals surface area (Å²) >= 11 is 0. The van der Waals surface area contributed by atoms with Crippen LogP contribution in [-0.2, 0) is 0 Å². The van der Waals surface area contributed by atoms with Gasteiger partial charge in [0.05, 0.1) is 6.07 Å². The quantitative estimate of drug-likeness (QED) is 0.714. The number of rotatable bonds is 2. The molecule has 1 fully saturated rings. The summed E-state index contributed by atoms with van der Waals surface area (Å²) < 4.78 is 13.1. The third kappa shape index (κ3) is 1.51. The maximum absolute atomic E-state index is 13.1. The third-order valence-electron chi connectivity index (χ3n) is 3.28. The summed E-state index contributed by atoms with van der Waals surface area (Å²) in [6.45, 7) is 1.62. The molecule has 16 heavy (non-hydrogen) atoms. The Morgan fingerprint density at radius 1 is 1.50 bits per heavy atom. The molecule has 1 aromatic rings. The molecule has 0 atom stereocenters. The van der Waals surface area contributed by atoms with Crippen LogP contribution in [-0.4, -0.2) is 5.78 Å². The highest BCUT2D eigenvalue weighted by atomic mass is 19.1. The van der Waals surface area contributed by atoms with E-state index in [1.54, 1.807) is 6.92 Å². The highest BCUT2D eigenvalue weighted by molar-refractivity contribution is 6.03. The maximum atomic E-state index is 13.1. The summed E-state index contributed by atoms with van der Waals surface area (Å²) in [5.74, 6) is -0.486. The predicted octanol–water partition coefficient (Wildman–Crippen LogP) is 3.01. The molecule has 0 radical (unpaired) electrons. The van der Waals surface area contributed by atoms with Gasteiger partial charge in [-0.1, -0.05) is 0 Å². The summed E-state index contributed by atoms with van der Waals surface area (Å²) in [6.07, 6.45) is 2.16. The minimum Gasteiger partial charge on any atom is -0.292 e. The van der Waals surface area contributed by atoms with Gasteiger partial charge in [-0.2, -0.15) is 5.26 Å². The molecule has 82 valence electrons. The number of Topliss-reactive ketones (excluding diaryl/α,β-unsaturated/α-hetero) is 1. The van der Waals surface area contributed by atoms with Crippen LogP contribution in [0, 0.1) is 29.5 Å². The van der Waals surface area contributed by atoms with Gasteiger partial charge in [-0.05, 0) is 49.9 Å². The summed E-state index contributed by atoms with van der Waals surface area (Å²) in [5.41, 5.74) is 0.0444. The van der Waals surface area contributed by atoms with Gasteiger partial charge in [-0.15, -0.1) is 0 Å². The van der Waals surface area contributed by atoms with Crippen molar-refractivity contribution >= 4 is 5.78 Å². The van der Waals surface area contributed by atoms with Crippen LogP contribution in [0.1, 0.15) is 35.2 Å². The van der Waals surface area contributed by atoms with E-state index < -0.39 is 5.41 Å². The fourth-order valence-electron chi connectivity index (χ4n) is 1.98. The van der Waals surface area contributed by atoms with Crippen LogP contribution in [0.2, 0.25) is 0 Å². The zero-order valence-electron chi connectivity index (χ0n) is 9.09. The number of carbonyl (C=O) groups is 1. The van der Waals surface area contributed by atoms with E-state index in [1.165, 1.54) is 18.2 Å². The lowest BCUT2D eigenvalue weighted by Gasteiger charge is -2.33. The van der Waals surface area contributed by atoms with E-state index in [0.29, 0.717) is 24.0 Å². The molecule has 0 aliphatic heterocycles. The number of halogens is 1. The Labute approximate surface area is 93.7 Å². The summed E-state index contributed by atoms with van der Waals surface area (Å²) in [7, 11) is 0. The van der Waals surface area contributed by atoms with E-state index in [0.717, 1.165) is 6.42 Å². The maximum Gasteiger partial charge on any atom is 0.183 e.